The van der Waals surface area contributed by atoms with Crippen LogP contribution < -0.4 is 0 Å². The Labute approximate surface area is 183 Å². The minimum atomic E-state index is -2.03. The van der Waals surface area contributed by atoms with Gasteiger partial charge in [-0.1, -0.05) is 64.6 Å². The van der Waals surface area contributed by atoms with Gasteiger partial charge in [-0.3, -0.25) is 9.59 Å². The molecule has 1 saturated heterocycles. The van der Waals surface area contributed by atoms with Gasteiger partial charge < -0.3 is 4.84 Å². The Kier molecular flexibility index (Phi) is 4.29. The third-order valence-electron chi connectivity index (χ3n) is 5.05. The molecule has 0 N–H and O–H groups in total. The molecule has 0 aromatic heterocycles. The largest absolute Gasteiger partial charge is 0.363 e. The minimum absolute atomic E-state index is 0.137. The topological polar surface area (TPSA) is 63.7 Å². The average molecular weight is 490 g/mol. The van der Waals surface area contributed by atoms with Crippen LogP contribution in [0.5, 0.6) is 0 Å². The molecule has 2 fully saturated rings. The summed E-state index contributed by atoms with van der Waals surface area (Å²) in [5.74, 6) is -5.47. The second kappa shape index (κ2) is 5.91. The third kappa shape index (κ3) is 2.08. The zero-order valence-corrected chi connectivity index (χ0v) is 17.4. The maximum Gasteiger partial charge on any atom is 0.363 e. The molecule has 0 spiro atoms. The SMILES string of the molecule is O=C(ON1C(=O)[C@@H]2[C@@H](C1=O)[C@]1(Cl)C(Cl)=C(Cl)[C@]2(Cl)C1(Cl)Cl)c1ccccc1. The van der Waals surface area contributed by atoms with Gasteiger partial charge in [-0.05, 0) is 12.1 Å². The lowest BCUT2D eigenvalue weighted by molar-refractivity contribution is -0.175. The summed E-state index contributed by atoms with van der Waals surface area (Å²) in [6.45, 7) is 0. The second-order valence-electron chi connectivity index (χ2n) is 6.30. The first-order chi connectivity index (χ1) is 12.5. The van der Waals surface area contributed by atoms with Crippen LogP contribution in [-0.4, -0.2) is 36.9 Å². The number of halogens is 6. The maximum atomic E-state index is 12.9. The average Bonchev–Trinajstić information content (AvgIpc) is 3.01. The predicted molar refractivity (Wildman–Crippen MR) is 101 cm³/mol. The Morgan fingerprint density at radius 1 is 0.889 bits per heavy atom. The van der Waals surface area contributed by atoms with E-state index in [0.717, 1.165) is 0 Å². The number of alkyl halides is 4. The highest BCUT2D eigenvalue weighted by atomic mass is 35.5. The van der Waals surface area contributed by atoms with Crippen molar-refractivity contribution in [3.8, 4) is 0 Å². The van der Waals surface area contributed by atoms with Crippen molar-refractivity contribution in [2.75, 3.05) is 0 Å². The molecule has 1 aliphatic heterocycles. The number of benzene rings is 1. The Morgan fingerprint density at radius 3 is 1.78 bits per heavy atom. The first kappa shape index (κ1) is 19.6. The first-order valence-corrected chi connectivity index (χ1v) is 9.75. The summed E-state index contributed by atoms with van der Waals surface area (Å²) < 4.78 is -2.03. The molecule has 2 amide bonds. The fraction of sp³-hybridized carbons (Fsp3) is 0.312. The number of amides is 2. The quantitative estimate of drug-likeness (QED) is 0.461. The summed E-state index contributed by atoms with van der Waals surface area (Å²) >= 11 is 38.1. The van der Waals surface area contributed by atoms with Gasteiger partial charge in [0.25, 0.3) is 11.8 Å². The number of hydrogen-bond acceptors (Lipinski definition) is 4. The highest BCUT2D eigenvalue weighted by Crippen LogP contribution is 2.77. The second-order valence-corrected chi connectivity index (χ2v) is 9.57. The first-order valence-electron chi connectivity index (χ1n) is 7.48. The summed E-state index contributed by atoms with van der Waals surface area (Å²) in [4.78, 5) is 39.1. The summed E-state index contributed by atoms with van der Waals surface area (Å²) in [7, 11) is 0. The number of imide groups is 1. The summed E-state index contributed by atoms with van der Waals surface area (Å²) in [6.07, 6.45) is 0. The molecule has 27 heavy (non-hydrogen) atoms. The zero-order chi connectivity index (χ0) is 19.9. The number of nitrogens with zero attached hydrogens (tertiary/aromatic N) is 1. The van der Waals surface area contributed by atoms with E-state index >= 15 is 0 Å². The van der Waals surface area contributed by atoms with Crippen molar-refractivity contribution in [3.63, 3.8) is 0 Å². The smallest absolute Gasteiger partial charge is 0.325 e. The normalized spacial score (nSPS) is 36.4. The number of hydrogen-bond donors (Lipinski definition) is 0. The lowest BCUT2D eigenvalue weighted by atomic mass is 9.84. The summed E-state index contributed by atoms with van der Waals surface area (Å²) in [5.41, 5.74) is 0.137. The van der Waals surface area contributed by atoms with Crippen LogP contribution in [-0.2, 0) is 14.4 Å². The molecule has 1 aromatic rings. The highest BCUT2D eigenvalue weighted by molar-refractivity contribution is 6.66. The van der Waals surface area contributed by atoms with E-state index in [0.29, 0.717) is 5.06 Å². The number of fused-ring (bicyclic) bond motifs is 5. The van der Waals surface area contributed by atoms with Crippen LogP contribution in [0.3, 0.4) is 0 Å². The van der Waals surface area contributed by atoms with E-state index in [-0.39, 0.29) is 15.6 Å². The molecule has 142 valence electrons. The Bertz CT molecular complexity index is 888. The van der Waals surface area contributed by atoms with Crippen LogP contribution in [0.2, 0.25) is 0 Å². The van der Waals surface area contributed by atoms with Gasteiger partial charge in [0.1, 0.15) is 9.75 Å². The Hall–Kier alpha value is -0.690. The highest BCUT2D eigenvalue weighted by Gasteiger charge is 2.88. The number of hydroxylamine groups is 2. The van der Waals surface area contributed by atoms with E-state index in [9.17, 15) is 14.4 Å². The van der Waals surface area contributed by atoms with Crippen molar-refractivity contribution >= 4 is 87.4 Å². The molecule has 0 unspecified atom stereocenters. The molecule has 4 rings (SSSR count). The van der Waals surface area contributed by atoms with Crippen LogP contribution in [0.15, 0.2) is 40.4 Å². The van der Waals surface area contributed by atoms with Gasteiger partial charge in [-0.2, -0.15) is 0 Å². The lowest BCUT2D eigenvalue weighted by Crippen LogP contribution is -2.50. The number of allylic oxidation sites excluding steroid dienone is 2. The monoisotopic (exact) mass is 487 g/mol. The van der Waals surface area contributed by atoms with Crippen molar-refractivity contribution in [1.82, 2.24) is 5.06 Å². The summed E-state index contributed by atoms with van der Waals surface area (Å²) in [5, 5.41) is -0.115. The van der Waals surface area contributed by atoms with E-state index in [4.69, 9.17) is 74.4 Å². The van der Waals surface area contributed by atoms with E-state index in [2.05, 4.69) is 0 Å². The molecule has 3 aliphatic rings. The molecule has 4 atom stereocenters. The van der Waals surface area contributed by atoms with Crippen LogP contribution in [0.1, 0.15) is 10.4 Å². The number of carbonyl (C=O) groups is 3. The number of rotatable bonds is 2. The van der Waals surface area contributed by atoms with E-state index < -0.39 is 43.7 Å². The van der Waals surface area contributed by atoms with Crippen molar-refractivity contribution in [2.45, 2.75) is 14.1 Å². The zero-order valence-electron chi connectivity index (χ0n) is 12.9. The lowest BCUT2D eigenvalue weighted by Gasteiger charge is -2.34. The number of carbonyl (C=O) groups excluding carboxylic acids is 3. The molecule has 1 saturated carbocycles. The molecule has 1 aromatic carbocycles. The Morgan fingerprint density at radius 2 is 1.33 bits per heavy atom. The molecular weight excluding hydrogens is 483 g/mol. The van der Waals surface area contributed by atoms with E-state index in [1.807, 2.05) is 0 Å². The molecular formula is C16H7Cl6NO4. The minimum Gasteiger partial charge on any atom is -0.325 e. The van der Waals surface area contributed by atoms with Gasteiger partial charge in [0.2, 0.25) is 0 Å². The third-order valence-corrected chi connectivity index (χ3v) is 9.31. The van der Waals surface area contributed by atoms with Crippen LogP contribution in [0.25, 0.3) is 0 Å². The van der Waals surface area contributed by atoms with E-state index in [1.54, 1.807) is 18.2 Å². The molecule has 2 aliphatic carbocycles. The van der Waals surface area contributed by atoms with Crippen LogP contribution in [0, 0.1) is 11.8 Å². The van der Waals surface area contributed by atoms with Gasteiger partial charge >= 0.3 is 5.97 Å². The molecule has 0 radical (unpaired) electrons. The standard InChI is InChI=1S/C16H7Cl6NO4/c17-9-10(18)15(20)8-7(14(9,19)16(15,21)22)11(24)23(12(8)25)27-13(26)6-4-2-1-3-5-6/h1-5,7-8H/t7-,8-,14-,15-/m0/s1. The fourth-order valence-corrected chi connectivity index (χ4v) is 6.70. The van der Waals surface area contributed by atoms with Crippen molar-refractivity contribution < 1.29 is 19.2 Å². The maximum absolute atomic E-state index is 12.9. The van der Waals surface area contributed by atoms with Crippen molar-refractivity contribution in [2.24, 2.45) is 11.8 Å². The molecule has 2 bridgehead atoms. The molecule has 5 nitrogen and oxygen atoms in total. The van der Waals surface area contributed by atoms with Crippen molar-refractivity contribution in [3.05, 3.63) is 46.0 Å². The Balaban J connectivity index is 1.74. The van der Waals surface area contributed by atoms with Crippen molar-refractivity contribution in [1.29, 1.82) is 0 Å². The van der Waals surface area contributed by atoms with Crippen LogP contribution in [0.4, 0.5) is 0 Å². The van der Waals surface area contributed by atoms with Gasteiger partial charge in [0.05, 0.1) is 27.5 Å². The van der Waals surface area contributed by atoms with Gasteiger partial charge in [-0.25, -0.2) is 4.79 Å². The van der Waals surface area contributed by atoms with Gasteiger partial charge in [0.15, 0.2) is 4.33 Å². The summed E-state index contributed by atoms with van der Waals surface area (Å²) in [6, 6.07) is 7.80. The predicted octanol–water partition coefficient (Wildman–Crippen LogP) is 4.21. The molecule has 1 heterocycles. The van der Waals surface area contributed by atoms with Gasteiger partial charge in [0, 0.05) is 0 Å². The van der Waals surface area contributed by atoms with E-state index in [1.165, 1.54) is 12.1 Å². The molecule has 11 heteroatoms. The fourth-order valence-electron chi connectivity index (χ4n) is 3.77. The van der Waals surface area contributed by atoms with Gasteiger partial charge in [-0.15, -0.1) is 28.3 Å². The van der Waals surface area contributed by atoms with Crippen LogP contribution >= 0.6 is 69.6 Å².